The van der Waals surface area contributed by atoms with Crippen LogP contribution in [0.5, 0.6) is 0 Å². The molecule has 2 heterocycles. The van der Waals surface area contributed by atoms with Gasteiger partial charge in [-0.2, -0.15) is 0 Å². The molecule has 3 nitrogen and oxygen atoms in total. The lowest BCUT2D eigenvalue weighted by Gasteiger charge is -2.28. The number of hydrogen-bond donors (Lipinski definition) is 1. The summed E-state index contributed by atoms with van der Waals surface area (Å²) < 4.78 is 5.55. The topological polar surface area (TPSA) is 42.4 Å². The van der Waals surface area contributed by atoms with Gasteiger partial charge < -0.3 is 10.2 Å². The van der Waals surface area contributed by atoms with Gasteiger partial charge in [0.1, 0.15) is 5.76 Å². The van der Waals surface area contributed by atoms with E-state index in [2.05, 4.69) is 29.2 Å². The molecule has 2 atom stereocenters. The molecule has 0 spiro atoms. The number of hydrogen-bond acceptors (Lipinski definition) is 3. The predicted octanol–water partition coefficient (Wildman–Crippen LogP) is 2.68. The Kier molecular flexibility index (Phi) is 2.94. The minimum Gasteiger partial charge on any atom is -0.468 e. The molecule has 0 amide bonds. The second kappa shape index (κ2) is 4.59. The highest BCUT2D eigenvalue weighted by Crippen LogP contribution is 2.32. The number of rotatable bonds is 3. The van der Waals surface area contributed by atoms with Gasteiger partial charge in [-0.25, -0.2) is 0 Å². The molecule has 0 radical (unpaired) electrons. The molecule has 0 fully saturated rings. The van der Waals surface area contributed by atoms with Crippen LogP contribution in [0.15, 0.2) is 47.1 Å². The zero-order chi connectivity index (χ0) is 12.5. The SMILES string of the molecule is CC(N)C(c1ccco1)N1Cc2ccccc2C1. The maximum absolute atomic E-state index is 6.14. The molecular weight excluding hydrogens is 224 g/mol. The highest BCUT2D eigenvalue weighted by Gasteiger charge is 2.30. The fourth-order valence-electron chi connectivity index (χ4n) is 2.79. The van der Waals surface area contributed by atoms with Crippen molar-refractivity contribution in [1.29, 1.82) is 0 Å². The van der Waals surface area contributed by atoms with Crippen LogP contribution in [0.25, 0.3) is 0 Å². The normalized spacial score (nSPS) is 18.6. The van der Waals surface area contributed by atoms with E-state index in [1.165, 1.54) is 11.1 Å². The maximum atomic E-state index is 6.14. The largest absolute Gasteiger partial charge is 0.468 e. The quantitative estimate of drug-likeness (QED) is 0.899. The Labute approximate surface area is 107 Å². The zero-order valence-electron chi connectivity index (χ0n) is 10.5. The van der Waals surface area contributed by atoms with E-state index < -0.39 is 0 Å². The molecule has 0 saturated heterocycles. The van der Waals surface area contributed by atoms with E-state index >= 15 is 0 Å². The summed E-state index contributed by atoms with van der Waals surface area (Å²) >= 11 is 0. The summed E-state index contributed by atoms with van der Waals surface area (Å²) in [5.74, 6) is 0.956. The Morgan fingerprint density at radius 2 is 1.78 bits per heavy atom. The van der Waals surface area contributed by atoms with Gasteiger partial charge in [-0.05, 0) is 30.2 Å². The zero-order valence-corrected chi connectivity index (χ0v) is 10.5. The molecule has 2 aromatic rings. The Hall–Kier alpha value is -1.58. The van der Waals surface area contributed by atoms with Crippen molar-refractivity contribution in [2.75, 3.05) is 0 Å². The summed E-state index contributed by atoms with van der Waals surface area (Å²) in [6, 6.07) is 12.7. The van der Waals surface area contributed by atoms with E-state index in [0.717, 1.165) is 18.8 Å². The van der Waals surface area contributed by atoms with Crippen molar-refractivity contribution in [2.24, 2.45) is 5.73 Å². The van der Waals surface area contributed by atoms with Crippen LogP contribution in [0.3, 0.4) is 0 Å². The average Bonchev–Trinajstić information content (AvgIpc) is 2.97. The van der Waals surface area contributed by atoms with E-state index in [4.69, 9.17) is 10.2 Å². The molecule has 94 valence electrons. The number of nitrogens with two attached hydrogens (primary N) is 1. The maximum Gasteiger partial charge on any atom is 0.122 e. The lowest BCUT2D eigenvalue weighted by Crippen LogP contribution is -2.36. The second-order valence-electron chi connectivity index (χ2n) is 4.99. The van der Waals surface area contributed by atoms with Crippen molar-refractivity contribution >= 4 is 0 Å². The molecule has 2 N–H and O–H groups in total. The first-order chi connectivity index (χ1) is 8.75. The predicted molar refractivity (Wildman–Crippen MR) is 70.8 cm³/mol. The lowest BCUT2D eigenvalue weighted by atomic mass is 10.1. The van der Waals surface area contributed by atoms with Crippen molar-refractivity contribution in [3.05, 3.63) is 59.5 Å². The summed E-state index contributed by atoms with van der Waals surface area (Å²) in [4.78, 5) is 2.38. The first-order valence-electron chi connectivity index (χ1n) is 6.35. The average molecular weight is 242 g/mol. The third-order valence-electron chi connectivity index (χ3n) is 3.59. The highest BCUT2D eigenvalue weighted by atomic mass is 16.3. The molecule has 1 aromatic heterocycles. The standard InChI is InChI=1S/C15H18N2O/c1-11(16)15(14-7-4-8-18-14)17-9-12-5-2-3-6-13(12)10-17/h2-8,11,15H,9-10,16H2,1H3. The summed E-state index contributed by atoms with van der Waals surface area (Å²) in [5, 5.41) is 0. The summed E-state index contributed by atoms with van der Waals surface area (Å²) in [5.41, 5.74) is 8.94. The van der Waals surface area contributed by atoms with E-state index in [-0.39, 0.29) is 12.1 Å². The minimum atomic E-state index is 0.0467. The molecule has 3 rings (SSSR count). The highest BCUT2D eigenvalue weighted by molar-refractivity contribution is 5.31. The molecular formula is C15H18N2O. The molecule has 3 heteroatoms. The second-order valence-corrected chi connectivity index (χ2v) is 4.99. The van der Waals surface area contributed by atoms with Crippen LogP contribution in [-0.2, 0) is 13.1 Å². The van der Waals surface area contributed by atoms with Crippen molar-refractivity contribution in [3.8, 4) is 0 Å². The van der Waals surface area contributed by atoms with Gasteiger partial charge in [-0.1, -0.05) is 24.3 Å². The minimum absolute atomic E-state index is 0.0467. The van der Waals surface area contributed by atoms with Gasteiger partial charge in [-0.15, -0.1) is 0 Å². The van der Waals surface area contributed by atoms with E-state index in [0.29, 0.717) is 0 Å². The number of nitrogens with zero attached hydrogens (tertiary/aromatic N) is 1. The van der Waals surface area contributed by atoms with E-state index in [1.807, 2.05) is 19.1 Å². The molecule has 0 aliphatic carbocycles. The number of fused-ring (bicyclic) bond motifs is 1. The van der Waals surface area contributed by atoms with Gasteiger partial charge in [0, 0.05) is 19.1 Å². The first-order valence-corrected chi connectivity index (χ1v) is 6.35. The van der Waals surface area contributed by atoms with Gasteiger partial charge in [0.15, 0.2) is 0 Å². The third-order valence-corrected chi connectivity index (χ3v) is 3.59. The van der Waals surface area contributed by atoms with Gasteiger partial charge in [0.05, 0.1) is 12.3 Å². The summed E-state index contributed by atoms with van der Waals surface area (Å²) in [6.45, 7) is 3.93. The fourth-order valence-corrected chi connectivity index (χ4v) is 2.79. The number of benzene rings is 1. The van der Waals surface area contributed by atoms with Crippen molar-refractivity contribution < 1.29 is 4.42 Å². The van der Waals surface area contributed by atoms with Gasteiger partial charge in [0.25, 0.3) is 0 Å². The smallest absolute Gasteiger partial charge is 0.122 e. The van der Waals surface area contributed by atoms with Crippen LogP contribution >= 0.6 is 0 Å². The van der Waals surface area contributed by atoms with Crippen molar-refractivity contribution in [1.82, 2.24) is 4.90 Å². The molecule has 1 aromatic carbocycles. The fraction of sp³-hybridized carbons (Fsp3) is 0.333. The lowest BCUT2D eigenvalue weighted by molar-refractivity contribution is 0.155. The Balaban J connectivity index is 1.87. The Morgan fingerprint density at radius 1 is 1.11 bits per heavy atom. The molecule has 1 aliphatic rings. The molecule has 1 aliphatic heterocycles. The number of furan rings is 1. The van der Waals surface area contributed by atoms with Gasteiger partial charge in [-0.3, -0.25) is 4.90 Å². The monoisotopic (exact) mass is 242 g/mol. The molecule has 0 bridgehead atoms. The molecule has 2 unspecified atom stereocenters. The Bertz CT molecular complexity index is 494. The van der Waals surface area contributed by atoms with Crippen LogP contribution < -0.4 is 5.73 Å². The van der Waals surface area contributed by atoms with Crippen LogP contribution in [0.4, 0.5) is 0 Å². The molecule has 0 saturated carbocycles. The Morgan fingerprint density at radius 3 is 2.28 bits per heavy atom. The summed E-state index contributed by atoms with van der Waals surface area (Å²) in [6.07, 6.45) is 1.72. The summed E-state index contributed by atoms with van der Waals surface area (Å²) in [7, 11) is 0. The van der Waals surface area contributed by atoms with Gasteiger partial charge >= 0.3 is 0 Å². The van der Waals surface area contributed by atoms with Crippen LogP contribution in [-0.4, -0.2) is 10.9 Å². The van der Waals surface area contributed by atoms with Crippen LogP contribution in [0, 0.1) is 0 Å². The third kappa shape index (κ3) is 1.96. The van der Waals surface area contributed by atoms with Gasteiger partial charge in [0.2, 0.25) is 0 Å². The van der Waals surface area contributed by atoms with Crippen molar-refractivity contribution in [3.63, 3.8) is 0 Å². The van der Waals surface area contributed by atoms with Crippen LogP contribution in [0.1, 0.15) is 29.9 Å². The van der Waals surface area contributed by atoms with Crippen molar-refractivity contribution in [2.45, 2.75) is 32.1 Å². The molecule has 18 heavy (non-hydrogen) atoms. The van der Waals surface area contributed by atoms with E-state index in [9.17, 15) is 0 Å². The van der Waals surface area contributed by atoms with E-state index in [1.54, 1.807) is 6.26 Å². The first kappa shape index (κ1) is 11.5. The van der Waals surface area contributed by atoms with Crippen LogP contribution in [0.2, 0.25) is 0 Å².